The highest BCUT2D eigenvalue weighted by Crippen LogP contribution is 2.19. The van der Waals surface area contributed by atoms with Crippen LogP contribution in [-0.2, 0) is 9.53 Å². The number of nitrogens with one attached hydrogen (secondary N) is 1. The van der Waals surface area contributed by atoms with E-state index in [9.17, 15) is 14.0 Å². The van der Waals surface area contributed by atoms with Gasteiger partial charge in [-0.25, -0.2) is 9.18 Å². The van der Waals surface area contributed by atoms with Gasteiger partial charge in [-0.2, -0.15) is 0 Å². The lowest BCUT2D eigenvalue weighted by Gasteiger charge is -2.25. The van der Waals surface area contributed by atoms with E-state index in [1.165, 1.54) is 13.2 Å². The number of carbonyl (C=O) groups excluding carboxylic acids is 1. The lowest BCUT2D eigenvalue weighted by atomic mass is 10.0. The molecule has 1 atom stereocenters. The molecule has 1 aromatic rings. The highest BCUT2D eigenvalue weighted by molar-refractivity contribution is 5.98. The second-order valence-electron chi connectivity index (χ2n) is 4.24. The first-order valence-electron chi connectivity index (χ1n) is 5.73. The number of rotatable bonds is 5. The van der Waals surface area contributed by atoms with Crippen LogP contribution in [0.1, 0.15) is 30.6 Å². The number of carboxylic acid groups (broad SMARTS) is 1. The zero-order valence-corrected chi connectivity index (χ0v) is 11.0. The third-order valence-corrected chi connectivity index (χ3v) is 3.06. The smallest absolute Gasteiger partial charge is 0.338 e. The van der Waals surface area contributed by atoms with Crippen molar-refractivity contribution in [3.05, 3.63) is 29.6 Å². The summed E-state index contributed by atoms with van der Waals surface area (Å²) in [5.41, 5.74) is -1.30. The molecule has 0 heterocycles. The Morgan fingerprint density at radius 3 is 2.58 bits per heavy atom. The number of amides is 1. The third-order valence-electron chi connectivity index (χ3n) is 3.06. The molecule has 0 bridgehead atoms. The molecular formula is C13H16FNO4. The fourth-order valence-electron chi connectivity index (χ4n) is 1.43. The average molecular weight is 269 g/mol. The minimum absolute atomic E-state index is 0.209. The Hall–Kier alpha value is -1.95. The Morgan fingerprint density at radius 2 is 2.11 bits per heavy atom. The van der Waals surface area contributed by atoms with E-state index >= 15 is 0 Å². The largest absolute Gasteiger partial charge is 0.478 e. The fourth-order valence-corrected chi connectivity index (χ4v) is 1.43. The van der Waals surface area contributed by atoms with Crippen LogP contribution in [0.2, 0.25) is 0 Å². The summed E-state index contributed by atoms with van der Waals surface area (Å²) in [6, 6.07) is 3.36. The van der Waals surface area contributed by atoms with Crippen LogP contribution in [0, 0.1) is 5.82 Å². The maximum Gasteiger partial charge on any atom is 0.338 e. The lowest BCUT2D eigenvalue weighted by Crippen LogP contribution is -2.41. The van der Waals surface area contributed by atoms with E-state index in [1.54, 1.807) is 13.8 Å². The molecule has 0 aliphatic heterocycles. The first kappa shape index (κ1) is 15.1. The van der Waals surface area contributed by atoms with Crippen LogP contribution in [0.3, 0.4) is 0 Å². The maximum atomic E-state index is 13.2. The predicted octanol–water partition coefficient (Wildman–Crippen LogP) is 2.28. The van der Waals surface area contributed by atoms with Crippen molar-refractivity contribution < 1.29 is 23.8 Å². The van der Waals surface area contributed by atoms with Gasteiger partial charge >= 0.3 is 5.97 Å². The van der Waals surface area contributed by atoms with Crippen molar-refractivity contribution in [2.45, 2.75) is 25.9 Å². The molecule has 0 saturated heterocycles. The Balaban J connectivity index is 2.98. The van der Waals surface area contributed by atoms with Crippen LogP contribution in [0.25, 0.3) is 0 Å². The normalized spacial score (nSPS) is 13.7. The topological polar surface area (TPSA) is 75.6 Å². The Bertz CT molecular complexity index is 497. The molecule has 1 amide bonds. The van der Waals surface area contributed by atoms with Gasteiger partial charge in [-0.3, -0.25) is 4.79 Å². The van der Waals surface area contributed by atoms with Gasteiger partial charge in [0.1, 0.15) is 11.4 Å². The van der Waals surface area contributed by atoms with Gasteiger partial charge < -0.3 is 15.2 Å². The molecule has 5 nitrogen and oxygen atoms in total. The lowest BCUT2D eigenvalue weighted by molar-refractivity contribution is -0.136. The van der Waals surface area contributed by atoms with Gasteiger partial charge in [0, 0.05) is 12.8 Å². The molecule has 2 N–H and O–H groups in total. The van der Waals surface area contributed by atoms with Crippen LogP contribution >= 0.6 is 0 Å². The summed E-state index contributed by atoms with van der Waals surface area (Å²) in [6.45, 7) is 3.40. The summed E-state index contributed by atoms with van der Waals surface area (Å²) >= 11 is 0. The zero-order chi connectivity index (χ0) is 14.6. The van der Waals surface area contributed by atoms with Crippen molar-refractivity contribution in [1.82, 2.24) is 0 Å². The zero-order valence-electron chi connectivity index (χ0n) is 11.0. The predicted molar refractivity (Wildman–Crippen MR) is 67.7 cm³/mol. The number of hydrogen-bond acceptors (Lipinski definition) is 3. The molecule has 1 unspecified atom stereocenters. The number of benzene rings is 1. The monoisotopic (exact) mass is 269 g/mol. The molecule has 0 spiro atoms. The minimum atomic E-state index is -1.39. The number of anilines is 1. The molecule has 0 aromatic heterocycles. The SMILES string of the molecule is CCC(C)(OC)C(=O)Nc1ccc(F)c(C(=O)O)c1. The number of methoxy groups -OCH3 is 1. The van der Waals surface area contributed by atoms with Gasteiger partial charge in [0.2, 0.25) is 0 Å². The number of carbonyl (C=O) groups is 2. The van der Waals surface area contributed by atoms with Gasteiger partial charge in [-0.05, 0) is 31.5 Å². The van der Waals surface area contributed by atoms with Crippen LogP contribution < -0.4 is 5.32 Å². The van der Waals surface area contributed by atoms with E-state index in [4.69, 9.17) is 9.84 Å². The summed E-state index contributed by atoms with van der Waals surface area (Å²) in [4.78, 5) is 22.8. The second kappa shape index (κ2) is 5.79. The maximum absolute atomic E-state index is 13.2. The van der Waals surface area contributed by atoms with Gasteiger partial charge in [0.05, 0.1) is 5.56 Å². The summed E-state index contributed by atoms with van der Waals surface area (Å²) in [7, 11) is 1.41. The molecule has 0 saturated carbocycles. The molecule has 0 radical (unpaired) electrons. The first-order valence-corrected chi connectivity index (χ1v) is 5.73. The van der Waals surface area contributed by atoms with E-state index in [1.807, 2.05) is 0 Å². The molecule has 1 rings (SSSR count). The molecule has 0 aliphatic rings. The number of aromatic carboxylic acids is 1. The Morgan fingerprint density at radius 1 is 1.47 bits per heavy atom. The van der Waals surface area contributed by atoms with Crippen molar-refractivity contribution in [3.8, 4) is 0 Å². The van der Waals surface area contributed by atoms with E-state index in [0.717, 1.165) is 12.1 Å². The highest BCUT2D eigenvalue weighted by Gasteiger charge is 2.31. The summed E-state index contributed by atoms with van der Waals surface area (Å²) in [6.07, 6.45) is 0.447. The van der Waals surface area contributed by atoms with Crippen molar-refractivity contribution in [3.63, 3.8) is 0 Å². The van der Waals surface area contributed by atoms with Crippen molar-refractivity contribution in [2.75, 3.05) is 12.4 Å². The van der Waals surface area contributed by atoms with Gasteiger partial charge in [-0.15, -0.1) is 0 Å². The number of hydrogen-bond donors (Lipinski definition) is 2. The van der Waals surface area contributed by atoms with Crippen molar-refractivity contribution >= 4 is 17.6 Å². The summed E-state index contributed by atoms with van der Waals surface area (Å²) < 4.78 is 18.3. The molecular weight excluding hydrogens is 253 g/mol. The number of carboxylic acids is 1. The minimum Gasteiger partial charge on any atom is -0.478 e. The van der Waals surface area contributed by atoms with Gasteiger partial charge in [0.15, 0.2) is 0 Å². The summed E-state index contributed by atoms with van der Waals surface area (Å²) in [5, 5.41) is 11.3. The van der Waals surface area contributed by atoms with Gasteiger partial charge in [-0.1, -0.05) is 6.92 Å². The van der Waals surface area contributed by atoms with E-state index in [2.05, 4.69) is 5.32 Å². The first-order chi connectivity index (χ1) is 8.84. The quantitative estimate of drug-likeness (QED) is 0.859. The van der Waals surface area contributed by atoms with E-state index in [-0.39, 0.29) is 5.69 Å². The molecule has 0 fully saturated rings. The summed E-state index contributed by atoms with van der Waals surface area (Å²) in [5.74, 6) is -2.66. The average Bonchev–Trinajstić information content (AvgIpc) is 2.39. The van der Waals surface area contributed by atoms with E-state index < -0.39 is 28.9 Å². The van der Waals surface area contributed by atoms with Crippen LogP contribution in [0.4, 0.5) is 10.1 Å². The van der Waals surface area contributed by atoms with Crippen LogP contribution in [-0.4, -0.2) is 29.7 Å². The molecule has 104 valence electrons. The molecule has 1 aromatic carbocycles. The highest BCUT2D eigenvalue weighted by atomic mass is 19.1. The van der Waals surface area contributed by atoms with Crippen LogP contribution in [0.5, 0.6) is 0 Å². The van der Waals surface area contributed by atoms with Crippen LogP contribution in [0.15, 0.2) is 18.2 Å². The van der Waals surface area contributed by atoms with E-state index in [0.29, 0.717) is 6.42 Å². The van der Waals surface area contributed by atoms with Crippen molar-refractivity contribution in [2.24, 2.45) is 0 Å². The third kappa shape index (κ3) is 3.29. The Labute approximate surface area is 110 Å². The number of halogens is 1. The standard InChI is InChI=1S/C13H16FNO4/c1-4-13(2,19-3)12(18)15-8-5-6-10(14)9(7-8)11(16)17/h5-7H,4H2,1-3H3,(H,15,18)(H,16,17). The second-order valence-corrected chi connectivity index (χ2v) is 4.24. The Kier molecular flexibility index (Phi) is 4.61. The fraction of sp³-hybridized carbons (Fsp3) is 0.385. The van der Waals surface area contributed by atoms with Gasteiger partial charge in [0.25, 0.3) is 5.91 Å². The molecule has 0 aliphatic carbocycles. The van der Waals surface area contributed by atoms with Crippen molar-refractivity contribution in [1.29, 1.82) is 0 Å². The molecule has 6 heteroatoms. The number of ether oxygens (including phenoxy) is 1. The molecule has 19 heavy (non-hydrogen) atoms.